The third kappa shape index (κ3) is 8.56. The molecule has 5 atom stereocenters. The first-order chi connectivity index (χ1) is 26.6. The van der Waals surface area contributed by atoms with Gasteiger partial charge in [-0.15, -0.1) is 17.9 Å². The Labute approximate surface area is 328 Å². The van der Waals surface area contributed by atoms with E-state index >= 15 is 0 Å². The van der Waals surface area contributed by atoms with Gasteiger partial charge in [0.2, 0.25) is 11.8 Å². The van der Waals surface area contributed by atoms with Gasteiger partial charge < -0.3 is 39.8 Å². The molecular formula is C39H47N7O9S. The summed E-state index contributed by atoms with van der Waals surface area (Å²) in [5.41, 5.74) is 1.12. The number of aromatic nitrogens is 2. The number of rotatable bonds is 14. The number of carboxylic acid groups (broad SMARTS) is 1. The number of likely N-dealkylation sites (tertiary alicyclic amines) is 1. The number of benzene rings is 1. The average Bonchev–Trinajstić information content (AvgIpc) is 3.39. The van der Waals surface area contributed by atoms with Gasteiger partial charge in [0.1, 0.15) is 41.3 Å². The van der Waals surface area contributed by atoms with Gasteiger partial charge in [0, 0.05) is 49.0 Å². The Bertz CT molecular complexity index is 2060. The van der Waals surface area contributed by atoms with Crippen LogP contribution in [0.5, 0.6) is 5.75 Å². The zero-order valence-corrected chi connectivity index (χ0v) is 32.8. The number of carbonyl (C=O) groups excluding carboxylic acids is 4. The first-order valence-corrected chi connectivity index (χ1v) is 19.3. The summed E-state index contributed by atoms with van der Waals surface area (Å²) in [7, 11) is 3.81. The molecule has 2 aliphatic carbocycles. The van der Waals surface area contributed by atoms with Crippen LogP contribution in [0.15, 0.2) is 54.5 Å². The van der Waals surface area contributed by atoms with Crippen molar-refractivity contribution in [2.75, 3.05) is 30.9 Å². The van der Waals surface area contributed by atoms with Gasteiger partial charge in [-0.1, -0.05) is 12.7 Å². The molecule has 17 heteroatoms. The van der Waals surface area contributed by atoms with E-state index in [1.54, 1.807) is 32.2 Å². The van der Waals surface area contributed by atoms with E-state index in [2.05, 4.69) is 34.1 Å². The maximum atomic E-state index is 14.3. The third-order valence-corrected chi connectivity index (χ3v) is 10.8. The Morgan fingerprint density at radius 2 is 1.84 bits per heavy atom. The van der Waals surface area contributed by atoms with Crippen molar-refractivity contribution in [2.24, 2.45) is 5.92 Å². The highest BCUT2D eigenvalue weighted by molar-refractivity contribution is 7.14. The highest BCUT2D eigenvalue weighted by Crippen LogP contribution is 2.45. The lowest BCUT2D eigenvalue weighted by molar-refractivity contribution is -0.145. The first-order valence-electron chi connectivity index (χ1n) is 18.4. The van der Waals surface area contributed by atoms with Crippen molar-refractivity contribution in [1.82, 2.24) is 25.5 Å². The molecule has 3 aliphatic rings. The third-order valence-electron chi connectivity index (χ3n) is 10.1. The van der Waals surface area contributed by atoms with Crippen LogP contribution in [0.4, 0.5) is 20.4 Å². The lowest BCUT2D eigenvalue weighted by Gasteiger charge is -2.30. The smallest absolute Gasteiger partial charge is 0.413 e. The number of carbonyl (C=O) groups is 5. The second-order valence-corrected chi connectivity index (χ2v) is 15.8. The number of alkyl carbamates (subject to hydrolysis) is 1. The Morgan fingerprint density at radius 3 is 2.45 bits per heavy atom. The van der Waals surface area contributed by atoms with Crippen LogP contribution in [-0.2, 0) is 23.9 Å². The van der Waals surface area contributed by atoms with Crippen LogP contribution in [0.2, 0.25) is 0 Å². The number of carboxylic acids is 1. The van der Waals surface area contributed by atoms with Crippen molar-refractivity contribution in [3.05, 3.63) is 54.5 Å². The quantitative estimate of drug-likeness (QED) is 0.158. The molecule has 1 aromatic carbocycles. The molecule has 4 N–H and O–H groups in total. The lowest BCUT2D eigenvalue weighted by Crippen LogP contribution is -2.56. The van der Waals surface area contributed by atoms with E-state index in [-0.39, 0.29) is 31.6 Å². The summed E-state index contributed by atoms with van der Waals surface area (Å²) in [6.45, 7) is 12.6. The van der Waals surface area contributed by atoms with Crippen molar-refractivity contribution in [1.29, 1.82) is 0 Å². The molecule has 0 spiro atoms. The highest BCUT2D eigenvalue weighted by Gasteiger charge is 2.61. The van der Waals surface area contributed by atoms with Crippen molar-refractivity contribution in [3.63, 3.8) is 0 Å². The molecule has 2 saturated carbocycles. The van der Waals surface area contributed by atoms with Crippen molar-refractivity contribution in [2.45, 2.75) is 88.8 Å². The summed E-state index contributed by atoms with van der Waals surface area (Å²) in [5.74, 6) is -2.59. The molecule has 4 amide bonds. The van der Waals surface area contributed by atoms with E-state index in [1.165, 1.54) is 22.3 Å². The number of thiazole rings is 1. The number of nitrogens with one attached hydrogen (secondary N) is 3. The predicted octanol–water partition coefficient (Wildman–Crippen LogP) is 5.10. The zero-order valence-electron chi connectivity index (χ0n) is 32.0. The maximum absolute atomic E-state index is 14.3. The Kier molecular flexibility index (Phi) is 11.5. The van der Waals surface area contributed by atoms with E-state index in [0.29, 0.717) is 38.7 Å². The normalized spacial score (nSPS) is 22.0. The highest BCUT2D eigenvalue weighted by atomic mass is 32.1. The lowest BCUT2D eigenvalue weighted by atomic mass is 9.96. The van der Waals surface area contributed by atoms with E-state index < -0.39 is 59.6 Å². The molecule has 298 valence electrons. The van der Waals surface area contributed by atoms with Crippen LogP contribution in [0, 0.1) is 5.92 Å². The summed E-state index contributed by atoms with van der Waals surface area (Å²) in [4.78, 5) is 78.3. The monoisotopic (exact) mass is 789 g/mol. The molecule has 0 bridgehead atoms. The van der Waals surface area contributed by atoms with Crippen LogP contribution >= 0.6 is 11.3 Å². The summed E-state index contributed by atoms with van der Waals surface area (Å²) in [6, 6.07) is 4.98. The average molecular weight is 790 g/mol. The number of nitrogens with zero attached hydrogens (tertiary/aromatic N) is 4. The van der Waals surface area contributed by atoms with Crippen molar-refractivity contribution >= 4 is 63.0 Å². The van der Waals surface area contributed by atoms with Crippen LogP contribution in [-0.4, -0.2) is 107 Å². The fraction of sp³-hybridized carbons (Fsp3) is 0.462. The summed E-state index contributed by atoms with van der Waals surface area (Å²) >= 11 is 1.19. The van der Waals surface area contributed by atoms with Gasteiger partial charge in [-0.05, 0) is 70.2 Å². The molecule has 6 rings (SSSR count). The fourth-order valence-corrected chi connectivity index (χ4v) is 7.39. The van der Waals surface area contributed by atoms with Crippen molar-refractivity contribution < 1.29 is 43.3 Å². The predicted molar refractivity (Wildman–Crippen MR) is 210 cm³/mol. The summed E-state index contributed by atoms with van der Waals surface area (Å²) < 4.78 is 17.3. The van der Waals surface area contributed by atoms with E-state index in [9.17, 15) is 29.1 Å². The zero-order chi connectivity index (χ0) is 40.5. The molecule has 3 heterocycles. The van der Waals surface area contributed by atoms with Crippen LogP contribution in [0.3, 0.4) is 0 Å². The Balaban J connectivity index is 1.32. The van der Waals surface area contributed by atoms with Crippen LogP contribution in [0.1, 0.15) is 52.9 Å². The number of aliphatic carboxylic acids is 1. The molecule has 16 nitrogen and oxygen atoms in total. The summed E-state index contributed by atoms with van der Waals surface area (Å²) in [5, 5.41) is 20.7. The Morgan fingerprint density at radius 1 is 1.09 bits per heavy atom. The number of amides is 4. The second-order valence-electron chi connectivity index (χ2n) is 14.9. The largest absolute Gasteiger partial charge is 0.488 e. The molecule has 0 radical (unpaired) electrons. The number of ether oxygens (including phenoxy) is 3. The minimum absolute atomic E-state index is 0.000871. The van der Waals surface area contributed by atoms with Gasteiger partial charge in [-0.3, -0.25) is 14.9 Å². The molecular weight excluding hydrogens is 743 g/mol. The van der Waals surface area contributed by atoms with Crippen LogP contribution in [0.25, 0.3) is 22.3 Å². The van der Waals surface area contributed by atoms with Crippen LogP contribution < -0.4 is 25.6 Å². The topological polar surface area (TPSA) is 202 Å². The fourth-order valence-electron chi connectivity index (χ4n) is 6.70. The molecule has 1 saturated heterocycles. The number of anilines is 2. The summed E-state index contributed by atoms with van der Waals surface area (Å²) in [6.07, 6.45) is 1.34. The SMILES string of the molecule is C=C[C@@H]1C[C@]1(NC(=O)[C@@H]1C[C@@H](Oc2cc(-c3csc(NC(=O)OC(C)C)n3)nc3cc(N(C)C)ccc23)CN1C(=O)[C@@H](NC(=O)OC1CCC1)C(=C)C)C(=O)O. The number of hydrogen-bond acceptors (Lipinski definition) is 12. The van der Waals surface area contributed by atoms with Gasteiger partial charge in [0.05, 0.1) is 23.9 Å². The number of hydrogen-bond donors (Lipinski definition) is 4. The standard InChI is InChI=1S/C39H47N7O9S/c1-8-22-17-39(22,35(49)50)44-33(47)30-15-25(18-46(30)34(48)32(20(2)3)42-37(51)55-24-10-9-11-24)54-31-16-28(40-27-14-23(45(6)7)12-13-26(27)31)29-19-56-36(41-29)43-38(52)53-21(4)5/h8,12-14,16,19,21-22,24-25,30,32H,1-2,9-11,15,17-18H2,3-7H3,(H,42,51)(H,44,47)(H,49,50)(H,41,43,52)/t22-,25-,30+,32+,39-/m1/s1. The van der Waals surface area contributed by atoms with Gasteiger partial charge in [-0.2, -0.15) is 0 Å². The molecule has 0 unspecified atom stereocenters. The van der Waals surface area contributed by atoms with Crippen molar-refractivity contribution in [3.8, 4) is 17.1 Å². The molecule has 2 aromatic heterocycles. The molecule has 1 aliphatic heterocycles. The van der Waals surface area contributed by atoms with Gasteiger partial charge in [0.25, 0.3) is 0 Å². The molecule has 56 heavy (non-hydrogen) atoms. The number of fused-ring (bicyclic) bond motifs is 1. The molecule has 3 aromatic rings. The second kappa shape index (κ2) is 16.2. The Hall–Kier alpha value is -5.71. The maximum Gasteiger partial charge on any atom is 0.413 e. The van der Waals surface area contributed by atoms with Gasteiger partial charge >= 0.3 is 18.2 Å². The first kappa shape index (κ1) is 40.0. The van der Waals surface area contributed by atoms with E-state index in [4.69, 9.17) is 19.2 Å². The minimum Gasteiger partial charge on any atom is -0.488 e. The molecule has 3 fully saturated rings. The van der Waals surface area contributed by atoms with Gasteiger partial charge in [-0.25, -0.2) is 24.4 Å². The van der Waals surface area contributed by atoms with E-state index in [1.807, 2.05) is 37.2 Å². The van der Waals surface area contributed by atoms with E-state index in [0.717, 1.165) is 24.9 Å². The minimum atomic E-state index is -1.54. The van der Waals surface area contributed by atoms with Gasteiger partial charge in [0.15, 0.2) is 5.13 Å². The number of pyridine rings is 1.